The second-order valence-corrected chi connectivity index (χ2v) is 3.86. The topological polar surface area (TPSA) is 26.1 Å². The van der Waals surface area contributed by atoms with Gasteiger partial charge in [0.25, 0.3) is 0 Å². The summed E-state index contributed by atoms with van der Waals surface area (Å²) in [6.45, 7) is 6.99. The van der Waals surface area contributed by atoms with Gasteiger partial charge in [0.1, 0.15) is 5.82 Å². The second-order valence-electron chi connectivity index (χ2n) is 3.86. The Kier molecular flexibility index (Phi) is 8.66. The van der Waals surface area contributed by atoms with E-state index in [1.54, 1.807) is 19.1 Å². The minimum absolute atomic E-state index is 0. The molecule has 0 atom stereocenters. The summed E-state index contributed by atoms with van der Waals surface area (Å²) in [5, 5.41) is 0. The Morgan fingerprint density at radius 1 is 1.47 bits per heavy atom. The van der Waals surface area contributed by atoms with Crippen molar-refractivity contribution < 1.29 is 37.1 Å². The number of hydrogen-bond acceptors (Lipinski definition) is 1. The molecular weight excluding hydrogens is 292 g/mol. The predicted octanol–water partition coefficient (Wildman–Crippen LogP) is 4.00. The minimum Gasteiger partial charge on any atom is -0.622 e. The molecule has 1 radical (unpaired) electrons. The first-order chi connectivity index (χ1) is 7.67. The molecule has 0 saturated heterocycles. The van der Waals surface area contributed by atoms with E-state index >= 15 is 0 Å². The molecule has 1 aliphatic carbocycles. The first-order valence-electron chi connectivity index (χ1n) is 5.46. The Labute approximate surface area is 128 Å². The molecule has 0 aromatic heterocycles. The van der Waals surface area contributed by atoms with Crippen LogP contribution in [0.3, 0.4) is 0 Å². The summed E-state index contributed by atoms with van der Waals surface area (Å²) in [5.41, 5.74) is 8.38. The van der Waals surface area contributed by atoms with Crippen LogP contribution in [0.1, 0.15) is 25.3 Å². The molecule has 1 N–H and O–H groups in total. The van der Waals surface area contributed by atoms with Gasteiger partial charge in [-0.25, -0.2) is 4.39 Å². The van der Waals surface area contributed by atoms with Gasteiger partial charge >= 0.3 is 0 Å². The molecule has 0 spiro atoms. The van der Waals surface area contributed by atoms with E-state index in [0.29, 0.717) is 17.3 Å². The molecule has 0 aliphatic heterocycles. The maximum absolute atomic E-state index is 13.0. The third kappa shape index (κ3) is 6.92. The van der Waals surface area contributed by atoms with Crippen LogP contribution in [0.4, 0.5) is 10.1 Å². The fourth-order valence-electron chi connectivity index (χ4n) is 1.03. The molecule has 2 nitrogen and oxygen atoms in total. The van der Waals surface area contributed by atoms with Crippen LogP contribution in [0.2, 0.25) is 0 Å². The molecular formula is C13H18FN2Y-. The van der Waals surface area contributed by atoms with Crippen LogP contribution < -0.4 is 5.43 Å². The zero-order valence-electron chi connectivity index (χ0n) is 10.4. The van der Waals surface area contributed by atoms with E-state index in [-0.39, 0.29) is 38.5 Å². The molecule has 1 aromatic rings. The molecule has 0 unspecified atom stereocenters. The number of nitrogens with zero attached hydrogens (tertiary/aromatic N) is 1. The van der Waals surface area contributed by atoms with Gasteiger partial charge in [0.05, 0.1) is 0 Å². The molecule has 0 amide bonds. The smallest absolute Gasteiger partial charge is 0.124 e. The molecule has 1 saturated carbocycles. The van der Waals surface area contributed by atoms with Gasteiger partial charge in [-0.15, -0.1) is 12.3 Å². The van der Waals surface area contributed by atoms with Crippen LogP contribution in [-0.4, -0.2) is 6.04 Å². The van der Waals surface area contributed by atoms with Gasteiger partial charge in [0, 0.05) is 32.7 Å². The average Bonchev–Trinajstić information content (AvgIpc) is 3.05. The normalized spacial score (nSPS) is 12.9. The maximum atomic E-state index is 13.0. The largest absolute Gasteiger partial charge is 0.622 e. The standard InChI is InChI=1S/C10H12FN2.C3H6.Y/c1-7-2-3-9(6-10(7)11)13-12-8-4-5-8;1-3-2;/h2-3,6,8,12H,4-5H2,1H3;3H,1H2,2H3;/q-1;;. The van der Waals surface area contributed by atoms with Gasteiger partial charge in [-0.05, 0) is 44.4 Å². The third-order valence-electron chi connectivity index (χ3n) is 2.11. The summed E-state index contributed by atoms with van der Waals surface area (Å²) in [6.07, 6.45) is 4.11. The van der Waals surface area contributed by atoms with E-state index in [4.69, 9.17) is 0 Å². The number of rotatable bonds is 3. The minimum atomic E-state index is -0.196. The van der Waals surface area contributed by atoms with Crippen LogP contribution >= 0.6 is 0 Å². The van der Waals surface area contributed by atoms with E-state index in [2.05, 4.69) is 17.4 Å². The van der Waals surface area contributed by atoms with Crippen LogP contribution in [-0.2, 0) is 32.7 Å². The van der Waals surface area contributed by atoms with Crippen molar-refractivity contribution in [2.75, 3.05) is 0 Å². The number of nitrogens with one attached hydrogen (secondary N) is 1. The zero-order chi connectivity index (χ0) is 12.0. The molecule has 1 aliphatic rings. The van der Waals surface area contributed by atoms with Crippen molar-refractivity contribution in [3.63, 3.8) is 0 Å². The van der Waals surface area contributed by atoms with Gasteiger partial charge in [-0.2, -0.15) is 0 Å². The SMILES string of the molecule is C=CC.Cc1ccc([N-]NC2CC2)cc1F.[Y]. The Morgan fingerprint density at radius 3 is 2.53 bits per heavy atom. The van der Waals surface area contributed by atoms with Crippen LogP contribution in [0.15, 0.2) is 30.9 Å². The van der Waals surface area contributed by atoms with Gasteiger partial charge < -0.3 is 10.9 Å². The fourth-order valence-corrected chi connectivity index (χ4v) is 1.03. The molecule has 1 fully saturated rings. The Morgan fingerprint density at radius 2 is 2.06 bits per heavy atom. The number of benzene rings is 1. The predicted molar refractivity (Wildman–Crippen MR) is 66.2 cm³/mol. The maximum Gasteiger partial charge on any atom is 0.124 e. The third-order valence-corrected chi connectivity index (χ3v) is 2.11. The summed E-state index contributed by atoms with van der Waals surface area (Å²) in [7, 11) is 0. The average molecular weight is 310 g/mol. The van der Waals surface area contributed by atoms with Crippen LogP contribution in [0, 0.1) is 12.7 Å². The number of aryl methyl sites for hydroxylation is 1. The van der Waals surface area contributed by atoms with Crippen LogP contribution in [0.5, 0.6) is 0 Å². The fraction of sp³-hybridized carbons (Fsp3) is 0.385. The van der Waals surface area contributed by atoms with E-state index < -0.39 is 0 Å². The summed E-state index contributed by atoms with van der Waals surface area (Å²) in [4.78, 5) is 0. The summed E-state index contributed by atoms with van der Waals surface area (Å²) < 4.78 is 13.0. The van der Waals surface area contributed by atoms with Gasteiger partial charge in [-0.3, -0.25) is 0 Å². The first kappa shape index (κ1) is 16.8. The number of hydrogen-bond donors (Lipinski definition) is 1. The molecule has 0 bridgehead atoms. The van der Waals surface area contributed by atoms with E-state index in [1.165, 1.54) is 18.9 Å². The molecule has 1 aromatic carbocycles. The van der Waals surface area contributed by atoms with Crippen molar-refractivity contribution in [1.29, 1.82) is 0 Å². The Hall–Kier alpha value is -0.246. The van der Waals surface area contributed by atoms with E-state index in [0.717, 1.165) is 0 Å². The Balaban J connectivity index is 0.000000583. The Bertz CT molecular complexity index is 351. The second kappa shape index (κ2) is 8.79. The molecule has 4 heteroatoms. The molecule has 2 rings (SSSR count). The summed E-state index contributed by atoms with van der Waals surface area (Å²) in [6, 6.07) is 5.52. The van der Waals surface area contributed by atoms with Crippen molar-refractivity contribution in [3.05, 3.63) is 47.7 Å². The van der Waals surface area contributed by atoms with E-state index in [9.17, 15) is 4.39 Å². The van der Waals surface area contributed by atoms with Crippen molar-refractivity contribution >= 4 is 5.69 Å². The first-order valence-corrected chi connectivity index (χ1v) is 5.46. The molecule has 17 heavy (non-hydrogen) atoms. The van der Waals surface area contributed by atoms with Gasteiger partial charge in [0.15, 0.2) is 0 Å². The summed E-state index contributed by atoms with van der Waals surface area (Å²) in [5.74, 6) is -0.196. The van der Waals surface area contributed by atoms with Crippen LogP contribution in [0.25, 0.3) is 5.43 Å². The zero-order valence-corrected chi connectivity index (χ0v) is 13.2. The summed E-state index contributed by atoms with van der Waals surface area (Å²) >= 11 is 0. The number of allylic oxidation sites excluding steroid dienone is 1. The molecule has 91 valence electrons. The molecule has 0 heterocycles. The van der Waals surface area contributed by atoms with Gasteiger partial charge in [-0.1, -0.05) is 18.2 Å². The van der Waals surface area contributed by atoms with Crippen molar-refractivity contribution in [1.82, 2.24) is 5.43 Å². The number of halogens is 1. The van der Waals surface area contributed by atoms with Crippen molar-refractivity contribution in [2.24, 2.45) is 0 Å². The quantitative estimate of drug-likeness (QED) is 0.663. The monoisotopic (exact) mass is 310 g/mol. The van der Waals surface area contributed by atoms with Crippen molar-refractivity contribution in [3.8, 4) is 0 Å². The van der Waals surface area contributed by atoms with E-state index in [1.807, 2.05) is 13.0 Å². The van der Waals surface area contributed by atoms with Gasteiger partial charge in [0.2, 0.25) is 0 Å². The van der Waals surface area contributed by atoms with Crippen molar-refractivity contribution in [2.45, 2.75) is 32.7 Å².